The summed E-state index contributed by atoms with van der Waals surface area (Å²) in [6, 6.07) is 0.597. The highest BCUT2D eigenvalue weighted by Gasteiger charge is 2.26. The van der Waals surface area contributed by atoms with Gasteiger partial charge in [-0.1, -0.05) is 11.3 Å². The van der Waals surface area contributed by atoms with E-state index in [4.69, 9.17) is 4.74 Å². The largest absolute Gasteiger partial charge is 0.417 e. The lowest BCUT2D eigenvalue weighted by molar-refractivity contribution is 0.126. The van der Waals surface area contributed by atoms with Crippen molar-refractivity contribution in [3.8, 4) is 5.19 Å². The summed E-state index contributed by atoms with van der Waals surface area (Å²) in [5.41, 5.74) is 0. The molecule has 1 fully saturated rings. The van der Waals surface area contributed by atoms with Crippen LogP contribution in [-0.2, 0) is 0 Å². The van der Waals surface area contributed by atoms with E-state index in [0.29, 0.717) is 30.4 Å². The Morgan fingerprint density at radius 1 is 1.56 bits per heavy atom. The second-order valence-corrected chi connectivity index (χ2v) is 4.90. The van der Waals surface area contributed by atoms with Gasteiger partial charge in [-0.05, 0) is 13.8 Å². The first-order valence-corrected chi connectivity index (χ1v) is 6.15. The molecule has 1 N–H and O–H groups in total. The maximum atomic E-state index is 11.8. The lowest BCUT2D eigenvalue weighted by Crippen LogP contribution is -2.56. The van der Waals surface area contributed by atoms with Crippen LogP contribution in [0.2, 0.25) is 0 Å². The van der Waals surface area contributed by atoms with E-state index in [2.05, 4.69) is 24.1 Å². The summed E-state index contributed by atoms with van der Waals surface area (Å²) in [5, 5.41) is 5.55. The number of thiazole rings is 1. The Labute approximate surface area is 98.4 Å². The zero-order chi connectivity index (χ0) is 11.5. The quantitative estimate of drug-likeness (QED) is 0.805. The number of ether oxygens (including phenoxy) is 1. The SMILES string of the molecule is CC1CN(C(=O)Oc2nccs2)CC(C)N1. The molecule has 88 valence electrons. The number of hydrogen-bond donors (Lipinski definition) is 1. The highest BCUT2D eigenvalue weighted by Crippen LogP contribution is 2.15. The number of carbonyl (C=O) groups is 1. The fourth-order valence-corrected chi connectivity index (χ4v) is 2.36. The Bertz CT molecular complexity index is 345. The normalized spacial score (nSPS) is 25.5. The number of piperazine rings is 1. The van der Waals surface area contributed by atoms with Crippen molar-refractivity contribution in [3.63, 3.8) is 0 Å². The smallest absolute Gasteiger partial charge is 0.381 e. The number of carbonyl (C=O) groups excluding carboxylic acids is 1. The van der Waals surface area contributed by atoms with E-state index in [1.807, 2.05) is 0 Å². The van der Waals surface area contributed by atoms with Crippen LogP contribution in [0.25, 0.3) is 0 Å². The molecule has 1 aliphatic heterocycles. The molecular weight excluding hydrogens is 226 g/mol. The number of aromatic nitrogens is 1. The summed E-state index contributed by atoms with van der Waals surface area (Å²) in [6.45, 7) is 5.46. The molecule has 6 heteroatoms. The highest BCUT2D eigenvalue weighted by atomic mass is 32.1. The van der Waals surface area contributed by atoms with Crippen LogP contribution in [-0.4, -0.2) is 41.2 Å². The summed E-state index contributed by atoms with van der Waals surface area (Å²) >= 11 is 1.32. The van der Waals surface area contributed by atoms with Crippen molar-refractivity contribution in [1.29, 1.82) is 0 Å². The average molecular weight is 241 g/mol. The summed E-state index contributed by atoms with van der Waals surface area (Å²) in [6.07, 6.45) is 1.31. The van der Waals surface area contributed by atoms with E-state index in [1.54, 1.807) is 16.5 Å². The molecule has 2 heterocycles. The van der Waals surface area contributed by atoms with Gasteiger partial charge in [0.2, 0.25) is 0 Å². The van der Waals surface area contributed by atoms with E-state index < -0.39 is 0 Å². The molecule has 0 spiro atoms. The van der Waals surface area contributed by atoms with E-state index in [0.717, 1.165) is 0 Å². The molecule has 0 aliphatic carbocycles. The molecule has 1 aromatic heterocycles. The number of nitrogens with zero attached hydrogens (tertiary/aromatic N) is 2. The third-order valence-electron chi connectivity index (χ3n) is 2.40. The monoisotopic (exact) mass is 241 g/mol. The lowest BCUT2D eigenvalue weighted by atomic mass is 10.2. The zero-order valence-corrected chi connectivity index (χ0v) is 10.2. The molecule has 1 aromatic rings. The summed E-state index contributed by atoms with van der Waals surface area (Å²) in [4.78, 5) is 17.4. The second kappa shape index (κ2) is 4.80. The highest BCUT2D eigenvalue weighted by molar-refractivity contribution is 7.11. The maximum absolute atomic E-state index is 11.8. The van der Waals surface area contributed by atoms with E-state index >= 15 is 0 Å². The third-order valence-corrected chi connectivity index (χ3v) is 3.05. The van der Waals surface area contributed by atoms with Crippen LogP contribution in [0.15, 0.2) is 11.6 Å². The van der Waals surface area contributed by atoms with Crippen molar-refractivity contribution in [2.75, 3.05) is 13.1 Å². The Kier molecular flexibility index (Phi) is 3.40. The van der Waals surface area contributed by atoms with E-state index in [-0.39, 0.29) is 6.09 Å². The van der Waals surface area contributed by atoms with Crippen LogP contribution in [0.4, 0.5) is 4.79 Å². The second-order valence-electron chi connectivity index (χ2n) is 4.04. The van der Waals surface area contributed by atoms with Crippen LogP contribution in [0.1, 0.15) is 13.8 Å². The predicted molar refractivity (Wildman–Crippen MR) is 61.8 cm³/mol. The first kappa shape index (κ1) is 11.3. The Hall–Kier alpha value is -1.14. The number of hydrogen-bond acceptors (Lipinski definition) is 5. The van der Waals surface area contributed by atoms with Crippen molar-refractivity contribution in [2.24, 2.45) is 0 Å². The van der Waals surface area contributed by atoms with Crippen molar-refractivity contribution in [2.45, 2.75) is 25.9 Å². The van der Waals surface area contributed by atoms with Crippen LogP contribution >= 0.6 is 11.3 Å². The molecule has 2 rings (SSSR count). The Balaban J connectivity index is 1.94. The molecule has 1 amide bonds. The van der Waals surface area contributed by atoms with E-state index in [1.165, 1.54) is 11.3 Å². The molecule has 1 aliphatic rings. The molecule has 0 radical (unpaired) electrons. The number of amides is 1. The van der Waals surface area contributed by atoms with Crippen molar-refractivity contribution in [1.82, 2.24) is 15.2 Å². The third kappa shape index (κ3) is 2.70. The minimum absolute atomic E-state index is 0.299. The molecule has 16 heavy (non-hydrogen) atoms. The average Bonchev–Trinajstić information content (AvgIpc) is 2.68. The number of nitrogens with one attached hydrogen (secondary N) is 1. The van der Waals surface area contributed by atoms with Crippen molar-refractivity contribution >= 4 is 17.4 Å². The maximum Gasteiger partial charge on any atom is 0.417 e. The van der Waals surface area contributed by atoms with Gasteiger partial charge in [0.25, 0.3) is 5.19 Å². The minimum atomic E-state index is -0.310. The number of rotatable bonds is 1. The van der Waals surface area contributed by atoms with E-state index in [9.17, 15) is 4.79 Å². The van der Waals surface area contributed by atoms with Gasteiger partial charge >= 0.3 is 6.09 Å². The molecular formula is C10H15N3O2S. The van der Waals surface area contributed by atoms with Gasteiger partial charge in [-0.3, -0.25) is 0 Å². The van der Waals surface area contributed by atoms with Gasteiger partial charge in [-0.15, -0.1) is 0 Å². The molecule has 0 saturated carbocycles. The summed E-state index contributed by atoms with van der Waals surface area (Å²) in [7, 11) is 0. The molecule has 0 aromatic carbocycles. The van der Waals surface area contributed by atoms with Gasteiger partial charge in [0.15, 0.2) is 0 Å². The molecule has 1 saturated heterocycles. The molecule has 2 atom stereocenters. The topological polar surface area (TPSA) is 54.5 Å². The Morgan fingerprint density at radius 2 is 2.25 bits per heavy atom. The van der Waals surface area contributed by atoms with Gasteiger partial charge in [0.05, 0.1) is 0 Å². The predicted octanol–water partition coefficient (Wildman–Crippen LogP) is 1.32. The van der Waals surface area contributed by atoms with Gasteiger partial charge < -0.3 is 15.0 Å². The summed E-state index contributed by atoms with van der Waals surface area (Å²) in [5.74, 6) is 0. The van der Waals surface area contributed by atoms with Gasteiger partial charge in [0, 0.05) is 36.8 Å². The lowest BCUT2D eigenvalue weighted by Gasteiger charge is -2.35. The fraction of sp³-hybridized carbons (Fsp3) is 0.600. The fourth-order valence-electron chi connectivity index (χ4n) is 1.88. The van der Waals surface area contributed by atoms with Crippen LogP contribution in [0, 0.1) is 0 Å². The van der Waals surface area contributed by atoms with Crippen molar-refractivity contribution in [3.05, 3.63) is 11.6 Å². The molecule has 0 bridgehead atoms. The van der Waals surface area contributed by atoms with Gasteiger partial charge in [-0.2, -0.15) is 0 Å². The molecule has 2 unspecified atom stereocenters. The zero-order valence-electron chi connectivity index (χ0n) is 9.34. The molecule has 5 nitrogen and oxygen atoms in total. The minimum Gasteiger partial charge on any atom is -0.381 e. The van der Waals surface area contributed by atoms with Gasteiger partial charge in [0.1, 0.15) is 0 Å². The van der Waals surface area contributed by atoms with Crippen LogP contribution < -0.4 is 10.1 Å². The standard InChI is InChI=1S/C10H15N3O2S/c1-7-5-13(6-8(2)12-7)10(14)15-9-11-3-4-16-9/h3-4,7-8,12H,5-6H2,1-2H3. The Morgan fingerprint density at radius 3 is 2.81 bits per heavy atom. The first-order valence-electron chi connectivity index (χ1n) is 5.27. The first-order chi connectivity index (χ1) is 7.65. The summed E-state index contributed by atoms with van der Waals surface area (Å²) < 4.78 is 5.16. The van der Waals surface area contributed by atoms with Crippen LogP contribution in [0.5, 0.6) is 5.19 Å². The van der Waals surface area contributed by atoms with Crippen LogP contribution in [0.3, 0.4) is 0 Å². The van der Waals surface area contributed by atoms with Crippen molar-refractivity contribution < 1.29 is 9.53 Å². The van der Waals surface area contributed by atoms with Gasteiger partial charge in [-0.25, -0.2) is 9.78 Å².